The normalized spacial score (nSPS) is 11.4. The summed E-state index contributed by atoms with van der Waals surface area (Å²) in [5.74, 6) is 0. The van der Waals surface area contributed by atoms with Gasteiger partial charge in [0.1, 0.15) is 0 Å². The van der Waals surface area contributed by atoms with E-state index in [9.17, 15) is 15.4 Å². The molecular formula is C25H19N3O2. The summed E-state index contributed by atoms with van der Waals surface area (Å²) >= 11 is 0. The molecule has 4 rings (SSSR count). The van der Waals surface area contributed by atoms with E-state index in [-0.39, 0.29) is 5.69 Å². The van der Waals surface area contributed by atoms with Gasteiger partial charge in [0.25, 0.3) is 5.69 Å². The van der Waals surface area contributed by atoms with Gasteiger partial charge in [-0.15, -0.1) is 0 Å². The van der Waals surface area contributed by atoms with Crippen LogP contribution in [0.5, 0.6) is 0 Å². The second kappa shape index (κ2) is 7.69. The van der Waals surface area contributed by atoms with Gasteiger partial charge in [-0.2, -0.15) is 5.26 Å². The number of aromatic nitrogens is 1. The summed E-state index contributed by atoms with van der Waals surface area (Å²) in [5.41, 5.74) is 4.96. The van der Waals surface area contributed by atoms with E-state index in [2.05, 4.69) is 6.07 Å². The zero-order valence-electron chi connectivity index (χ0n) is 16.7. The van der Waals surface area contributed by atoms with Crippen LogP contribution in [-0.2, 0) is 0 Å². The molecule has 0 fully saturated rings. The molecule has 0 spiro atoms. The van der Waals surface area contributed by atoms with Gasteiger partial charge in [0, 0.05) is 23.5 Å². The Morgan fingerprint density at radius 2 is 1.77 bits per heavy atom. The summed E-state index contributed by atoms with van der Waals surface area (Å²) in [6.07, 6.45) is 1.88. The number of nitriles is 1. The fourth-order valence-electron chi connectivity index (χ4n) is 3.77. The van der Waals surface area contributed by atoms with Gasteiger partial charge < -0.3 is 4.57 Å². The highest BCUT2D eigenvalue weighted by molar-refractivity contribution is 5.94. The molecule has 30 heavy (non-hydrogen) atoms. The molecule has 0 aliphatic rings. The predicted molar refractivity (Wildman–Crippen MR) is 119 cm³/mol. The van der Waals surface area contributed by atoms with Gasteiger partial charge in [0.05, 0.1) is 22.3 Å². The molecule has 5 nitrogen and oxygen atoms in total. The predicted octanol–water partition coefficient (Wildman–Crippen LogP) is 6.22. The maximum Gasteiger partial charge on any atom is 0.271 e. The van der Waals surface area contributed by atoms with Crippen molar-refractivity contribution in [1.29, 1.82) is 5.26 Å². The molecule has 146 valence electrons. The topological polar surface area (TPSA) is 71.9 Å². The molecule has 3 aromatic carbocycles. The number of nitro groups is 1. The first kappa shape index (κ1) is 19.2. The van der Waals surface area contributed by atoms with Crippen LogP contribution in [0.15, 0.2) is 72.8 Å². The average Bonchev–Trinajstić information content (AvgIpc) is 3.04. The summed E-state index contributed by atoms with van der Waals surface area (Å²) in [6.45, 7) is 3.90. The number of nitro benzene ring substituents is 1. The Balaban J connectivity index is 1.79. The van der Waals surface area contributed by atoms with E-state index in [1.165, 1.54) is 6.07 Å². The van der Waals surface area contributed by atoms with Crippen molar-refractivity contribution < 1.29 is 4.92 Å². The lowest BCUT2D eigenvalue weighted by molar-refractivity contribution is -0.384. The van der Waals surface area contributed by atoms with E-state index in [0.717, 1.165) is 39.0 Å². The van der Waals surface area contributed by atoms with Crippen molar-refractivity contribution in [3.8, 4) is 11.8 Å². The molecule has 0 radical (unpaired) electrons. The molecule has 1 aromatic heterocycles. The number of hydrogen-bond acceptors (Lipinski definition) is 3. The van der Waals surface area contributed by atoms with Gasteiger partial charge in [0.2, 0.25) is 0 Å². The second-order valence-corrected chi connectivity index (χ2v) is 7.17. The van der Waals surface area contributed by atoms with E-state index in [4.69, 9.17) is 0 Å². The molecule has 4 aromatic rings. The minimum atomic E-state index is -0.397. The standard InChI is InChI=1S/C25H19N3O2/c1-17-12-22(18(2)27(17)24-8-5-9-25(15-24)28(29)30)14-23(16-26)21-11-10-19-6-3-4-7-20(19)13-21/h3-15H,1-2H3. The summed E-state index contributed by atoms with van der Waals surface area (Å²) in [7, 11) is 0. The monoisotopic (exact) mass is 393 g/mol. The number of non-ortho nitro benzene ring substituents is 1. The molecule has 0 atom stereocenters. The third-order valence-electron chi connectivity index (χ3n) is 5.25. The quantitative estimate of drug-likeness (QED) is 0.235. The van der Waals surface area contributed by atoms with E-state index >= 15 is 0 Å². The number of aryl methyl sites for hydroxylation is 1. The Hall–Kier alpha value is -4.17. The Morgan fingerprint density at radius 1 is 1.00 bits per heavy atom. The van der Waals surface area contributed by atoms with Gasteiger partial charge in [-0.25, -0.2) is 0 Å². The molecule has 0 saturated carbocycles. The lowest BCUT2D eigenvalue weighted by Crippen LogP contribution is -2.00. The van der Waals surface area contributed by atoms with E-state index in [1.54, 1.807) is 12.1 Å². The highest BCUT2D eigenvalue weighted by Gasteiger charge is 2.14. The Bertz CT molecular complexity index is 1360. The third-order valence-corrected chi connectivity index (χ3v) is 5.25. The van der Waals surface area contributed by atoms with Gasteiger partial charge in [-0.05, 0) is 60.0 Å². The maximum atomic E-state index is 11.1. The number of nitrogens with zero attached hydrogens (tertiary/aromatic N) is 3. The van der Waals surface area contributed by atoms with Crippen LogP contribution < -0.4 is 0 Å². The smallest absolute Gasteiger partial charge is 0.271 e. The molecule has 0 unspecified atom stereocenters. The molecule has 0 aliphatic carbocycles. The molecule has 1 heterocycles. The average molecular weight is 393 g/mol. The van der Waals surface area contributed by atoms with Gasteiger partial charge >= 0.3 is 0 Å². The first-order valence-corrected chi connectivity index (χ1v) is 9.52. The van der Waals surface area contributed by atoms with Crippen LogP contribution in [0.4, 0.5) is 5.69 Å². The van der Waals surface area contributed by atoms with Crippen LogP contribution in [0.1, 0.15) is 22.5 Å². The Morgan fingerprint density at radius 3 is 2.50 bits per heavy atom. The number of allylic oxidation sites excluding steroid dienone is 1. The second-order valence-electron chi connectivity index (χ2n) is 7.17. The number of hydrogen-bond donors (Lipinski definition) is 0. The lowest BCUT2D eigenvalue weighted by Gasteiger charge is -2.09. The fraction of sp³-hybridized carbons (Fsp3) is 0.0800. The first-order chi connectivity index (χ1) is 14.5. The van der Waals surface area contributed by atoms with Crippen LogP contribution in [-0.4, -0.2) is 9.49 Å². The van der Waals surface area contributed by atoms with Crippen LogP contribution in [0.3, 0.4) is 0 Å². The lowest BCUT2D eigenvalue weighted by atomic mass is 10.0. The maximum absolute atomic E-state index is 11.1. The van der Waals surface area contributed by atoms with E-state index in [1.807, 2.05) is 79.1 Å². The zero-order chi connectivity index (χ0) is 21.3. The minimum Gasteiger partial charge on any atom is -0.318 e. The highest BCUT2D eigenvalue weighted by Crippen LogP contribution is 2.28. The zero-order valence-corrected chi connectivity index (χ0v) is 16.7. The van der Waals surface area contributed by atoms with Crippen molar-refractivity contribution in [2.45, 2.75) is 13.8 Å². The molecule has 0 amide bonds. The largest absolute Gasteiger partial charge is 0.318 e. The van der Waals surface area contributed by atoms with Crippen molar-refractivity contribution in [2.24, 2.45) is 0 Å². The molecule has 0 saturated heterocycles. The first-order valence-electron chi connectivity index (χ1n) is 9.52. The summed E-state index contributed by atoms with van der Waals surface area (Å²) in [6, 6.07) is 24.9. The van der Waals surface area contributed by atoms with Crippen molar-refractivity contribution in [3.63, 3.8) is 0 Å². The van der Waals surface area contributed by atoms with E-state index < -0.39 is 4.92 Å². The summed E-state index contributed by atoms with van der Waals surface area (Å²) in [5, 5.41) is 23.1. The van der Waals surface area contributed by atoms with Crippen LogP contribution in [0.25, 0.3) is 28.1 Å². The minimum absolute atomic E-state index is 0.0472. The number of fused-ring (bicyclic) bond motifs is 1. The summed E-state index contributed by atoms with van der Waals surface area (Å²) < 4.78 is 1.97. The Kier molecular flexibility index (Phi) is 4.91. The third kappa shape index (κ3) is 3.47. The number of rotatable bonds is 4. The van der Waals surface area contributed by atoms with Gasteiger partial charge in [0.15, 0.2) is 0 Å². The van der Waals surface area contributed by atoms with Gasteiger partial charge in [-0.1, -0.05) is 42.5 Å². The molecule has 5 heteroatoms. The van der Waals surface area contributed by atoms with Crippen molar-refractivity contribution in [2.75, 3.05) is 0 Å². The summed E-state index contributed by atoms with van der Waals surface area (Å²) in [4.78, 5) is 10.7. The molecule has 0 bridgehead atoms. The SMILES string of the molecule is Cc1cc(C=C(C#N)c2ccc3ccccc3c2)c(C)n1-c1cccc([N+](=O)[O-])c1. The van der Waals surface area contributed by atoms with Crippen molar-refractivity contribution >= 4 is 28.1 Å². The molecular weight excluding hydrogens is 374 g/mol. The van der Waals surface area contributed by atoms with E-state index in [0.29, 0.717) is 5.57 Å². The fourth-order valence-corrected chi connectivity index (χ4v) is 3.77. The van der Waals surface area contributed by atoms with Crippen LogP contribution in [0, 0.1) is 35.3 Å². The van der Waals surface area contributed by atoms with Crippen molar-refractivity contribution in [3.05, 3.63) is 105 Å². The Labute approximate surface area is 174 Å². The van der Waals surface area contributed by atoms with Crippen LogP contribution >= 0.6 is 0 Å². The number of benzene rings is 3. The van der Waals surface area contributed by atoms with Gasteiger partial charge in [-0.3, -0.25) is 10.1 Å². The van der Waals surface area contributed by atoms with Crippen LogP contribution in [0.2, 0.25) is 0 Å². The molecule has 0 N–H and O–H groups in total. The van der Waals surface area contributed by atoms with Crippen molar-refractivity contribution in [1.82, 2.24) is 4.57 Å². The highest BCUT2D eigenvalue weighted by atomic mass is 16.6. The molecule has 0 aliphatic heterocycles.